The summed E-state index contributed by atoms with van der Waals surface area (Å²) in [5.74, 6) is -0.400. The van der Waals surface area contributed by atoms with Gasteiger partial charge in [0.05, 0.1) is 5.02 Å². The molecule has 1 heterocycles. The molecule has 0 spiro atoms. The minimum atomic E-state index is -3.49. The number of aromatic nitrogens is 1. The summed E-state index contributed by atoms with van der Waals surface area (Å²) in [6.45, 7) is 5.72. The molecule has 0 saturated heterocycles. The molecule has 0 saturated carbocycles. The number of hydrogen-bond donors (Lipinski definition) is 0. The molecule has 118 valence electrons. The van der Waals surface area contributed by atoms with E-state index < -0.39 is 15.7 Å². The van der Waals surface area contributed by atoms with Crippen LogP contribution in [-0.4, -0.2) is 19.7 Å². The fourth-order valence-electron chi connectivity index (χ4n) is 2.15. The molecule has 22 heavy (non-hydrogen) atoms. The first-order chi connectivity index (χ1) is 10.0. The van der Waals surface area contributed by atoms with Gasteiger partial charge < -0.3 is 0 Å². The average molecular weight is 342 g/mol. The molecular weight excluding hydrogens is 325 g/mol. The van der Waals surface area contributed by atoms with Crippen molar-refractivity contribution in [2.45, 2.75) is 31.2 Å². The first kappa shape index (κ1) is 16.9. The molecule has 0 bridgehead atoms. The number of benzene rings is 1. The van der Waals surface area contributed by atoms with E-state index in [1.54, 1.807) is 18.2 Å². The highest BCUT2D eigenvalue weighted by Crippen LogP contribution is 2.35. The monoisotopic (exact) mass is 341 g/mol. The van der Waals surface area contributed by atoms with Crippen molar-refractivity contribution in [2.75, 3.05) is 6.26 Å². The molecule has 0 amide bonds. The molecule has 0 N–H and O–H groups in total. The Balaban J connectivity index is 2.73. The summed E-state index contributed by atoms with van der Waals surface area (Å²) in [4.78, 5) is 3.79. The van der Waals surface area contributed by atoms with Gasteiger partial charge >= 0.3 is 0 Å². The fourth-order valence-corrected chi connectivity index (χ4v) is 2.93. The van der Waals surface area contributed by atoms with E-state index in [-0.39, 0.29) is 21.0 Å². The van der Waals surface area contributed by atoms with Crippen LogP contribution in [0.1, 0.15) is 26.3 Å². The Morgan fingerprint density at radius 3 is 2.36 bits per heavy atom. The lowest BCUT2D eigenvalue weighted by Gasteiger charge is -2.21. The normalized spacial score (nSPS) is 12.5. The largest absolute Gasteiger partial charge is 0.243 e. The summed E-state index contributed by atoms with van der Waals surface area (Å²) in [7, 11) is -3.49. The van der Waals surface area contributed by atoms with Gasteiger partial charge in [-0.1, -0.05) is 50.6 Å². The standard InChI is InChI=1S/C16H17ClFNO2S/c1-16(2,3)12-7-5-6-10(15(12)18)11-8-14(22(4,20)21)19-9-13(11)17/h5-9H,1-4H3. The zero-order valence-electron chi connectivity index (χ0n) is 12.8. The Kier molecular flexibility index (Phi) is 4.33. The third-order valence-electron chi connectivity index (χ3n) is 3.31. The van der Waals surface area contributed by atoms with Gasteiger partial charge in [0.2, 0.25) is 0 Å². The van der Waals surface area contributed by atoms with Crippen molar-refractivity contribution < 1.29 is 12.8 Å². The van der Waals surface area contributed by atoms with Crippen LogP contribution in [0.15, 0.2) is 35.5 Å². The Morgan fingerprint density at radius 1 is 1.18 bits per heavy atom. The second kappa shape index (κ2) is 5.63. The topological polar surface area (TPSA) is 47.0 Å². The number of pyridine rings is 1. The van der Waals surface area contributed by atoms with Gasteiger partial charge in [-0.25, -0.2) is 17.8 Å². The van der Waals surface area contributed by atoms with Crippen LogP contribution >= 0.6 is 11.6 Å². The van der Waals surface area contributed by atoms with Crippen LogP contribution in [0, 0.1) is 5.82 Å². The van der Waals surface area contributed by atoms with Crippen LogP contribution in [0.3, 0.4) is 0 Å². The van der Waals surface area contributed by atoms with Crippen molar-refractivity contribution in [1.29, 1.82) is 0 Å². The summed E-state index contributed by atoms with van der Waals surface area (Å²) in [6.07, 6.45) is 2.28. The third kappa shape index (κ3) is 3.31. The SMILES string of the molecule is CC(C)(C)c1cccc(-c2cc(S(C)(=O)=O)ncc2Cl)c1F. The summed E-state index contributed by atoms with van der Waals surface area (Å²) >= 11 is 6.10. The van der Waals surface area contributed by atoms with Crippen LogP contribution < -0.4 is 0 Å². The van der Waals surface area contributed by atoms with Crippen LogP contribution in [-0.2, 0) is 15.3 Å². The van der Waals surface area contributed by atoms with Gasteiger partial charge in [0, 0.05) is 23.6 Å². The minimum Gasteiger partial charge on any atom is -0.243 e. The van der Waals surface area contributed by atoms with Crippen molar-refractivity contribution in [3.63, 3.8) is 0 Å². The molecule has 2 rings (SSSR count). The Hall–Kier alpha value is -1.46. The van der Waals surface area contributed by atoms with E-state index in [0.717, 1.165) is 6.26 Å². The third-order valence-corrected chi connectivity index (χ3v) is 4.59. The molecule has 0 radical (unpaired) electrons. The number of hydrogen-bond acceptors (Lipinski definition) is 3. The maximum Gasteiger partial charge on any atom is 0.192 e. The molecule has 0 atom stereocenters. The molecule has 3 nitrogen and oxygen atoms in total. The Labute approximate surface area is 135 Å². The van der Waals surface area contributed by atoms with E-state index in [0.29, 0.717) is 11.1 Å². The Bertz CT molecular complexity index is 827. The quantitative estimate of drug-likeness (QED) is 0.820. The first-order valence-corrected chi connectivity index (χ1v) is 8.93. The van der Waals surface area contributed by atoms with Gasteiger partial charge in [0.25, 0.3) is 0 Å². The van der Waals surface area contributed by atoms with Crippen molar-refractivity contribution in [2.24, 2.45) is 0 Å². The van der Waals surface area contributed by atoms with Crippen molar-refractivity contribution >= 4 is 21.4 Å². The van der Waals surface area contributed by atoms with Gasteiger partial charge in [-0.3, -0.25) is 0 Å². The molecule has 0 fully saturated rings. The van der Waals surface area contributed by atoms with Crippen molar-refractivity contribution in [3.8, 4) is 11.1 Å². The lowest BCUT2D eigenvalue weighted by atomic mass is 9.85. The van der Waals surface area contributed by atoms with E-state index in [4.69, 9.17) is 11.6 Å². The van der Waals surface area contributed by atoms with Crippen LogP contribution in [0.25, 0.3) is 11.1 Å². The number of sulfone groups is 1. The van der Waals surface area contributed by atoms with Gasteiger partial charge in [0.1, 0.15) is 5.82 Å². The molecule has 6 heteroatoms. The summed E-state index contributed by atoms with van der Waals surface area (Å²) in [5, 5.41) is 0.0739. The number of rotatable bonds is 2. The smallest absolute Gasteiger partial charge is 0.192 e. The second-order valence-corrected chi connectivity index (χ2v) is 8.56. The van der Waals surface area contributed by atoms with Crippen LogP contribution in [0.5, 0.6) is 0 Å². The highest BCUT2D eigenvalue weighted by atomic mass is 35.5. The molecule has 0 unspecified atom stereocenters. The van der Waals surface area contributed by atoms with Crippen molar-refractivity contribution in [3.05, 3.63) is 46.9 Å². The van der Waals surface area contributed by atoms with E-state index in [2.05, 4.69) is 4.98 Å². The van der Waals surface area contributed by atoms with E-state index in [1.807, 2.05) is 20.8 Å². The van der Waals surface area contributed by atoms with Gasteiger partial charge in [0.15, 0.2) is 14.9 Å². The molecule has 1 aromatic carbocycles. The molecule has 0 aliphatic carbocycles. The highest BCUT2D eigenvalue weighted by molar-refractivity contribution is 7.90. The molecule has 0 aliphatic rings. The maximum absolute atomic E-state index is 14.8. The van der Waals surface area contributed by atoms with Gasteiger partial charge in [-0.2, -0.15) is 0 Å². The second-order valence-electron chi connectivity index (χ2n) is 6.19. The number of nitrogens with zero attached hydrogens (tertiary/aromatic N) is 1. The summed E-state index contributed by atoms with van der Waals surface area (Å²) < 4.78 is 38.1. The lowest BCUT2D eigenvalue weighted by Crippen LogP contribution is -2.14. The zero-order chi connectivity index (χ0) is 16.7. The first-order valence-electron chi connectivity index (χ1n) is 6.67. The van der Waals surface area contributed by atoms with E-state index in [9.17, 15) is 12.8 Å². The molecule has 0 aliphatic heterocycles. The fraction of sp³-hybridized carbons (Fsp3) is 0.312. The van der Waals surface area contributed by atoms with E-state index >= 15 is 0 Å². The van der Waals surface area contributed by atoms with Crippen LogP contribution in [0.4, 0.5) is 4.39 Å². The maximum atomic E-state index is 14.8. The summed E-state index contributed by atoms with van der Waals surface area (Å²) in [6, 6.07) is 6.33. The van der Waals surface area contributed by atoms with Crippen molar-refractivity contribution in [1.82, 2.24) is 4.98 Å². The predicted molar refractivity (Wildman–Crippen MR) is 86.5 cm³/mol. The predicted octanol–water partition coefficient (Wildman–Crippen LogP) is 4.24. The van der Waals surface area contributed by atoms with Gasteiger partial charge in [-0.05, 0) is 17.0 Å². The zero-order valence-corrected chi connectivity index (χ0v) is 14.4. The average Bonchev–Trinajstić information content (AvgIpc) is 2.37. The molecule has 1 aromatic heterocycles. The molecular formula is C16H17ClFNO2S. The number of halogens is 2. The molecule has 2 aromatic rings. The lowest BCUT2D eigenvalue weighted by molar-refractivity contribution is 0.525. The highest BCUT2D eigenvalue weighted by Gasteiger charge is 2.22. The Morgan fingerprint density at radius 2 is 1.82 bits per heavy atom. The van der Waals surface area contributed by atoms with Crippen LogP contribution in [0.2, 0.25) is 5.02 Å². The summed E-state index contributed by atoms with van der Waals surface area (Å²) in [5.41, 5.74) is 0.753. The van der Waals surface area contributed by atoms with E-state index in [1.165, 1.54) is 12.3 Å². The minimum absolute atomic E-state index is 0.132. The van der Waals surface area contributed by atoms with Gasteiger partial charge in [-0.15, -0.1) is 0 Å².